The molecule has 41 heavy (non-hydrogen) atoms. The first-order valence-electron chi connectivity index (χ1n) is 13.1. The summed E-state index contributed by atoms with van der Waals surface area (Å²) in [4.78, 5) is 54.1. The van der Waals surface area contributed by atoms with Gasteiger partial charge in [-0.2, -0.15) is 0 Å². The van der Waals surface area contributed by atoms with Crippen LogP contribution in [0.5, 0.6) is 5.75 Å². The van der Waals surface area contributed by atoms with Gasteiger partial charge in [-0.3, -0.25) is 14.5 Å². The molecule has 3 N–H and O–H groups in total. The zero-order valence-electron chi connectivity index (χ0n) is 23.2. The number of nitrogen functional groups attached to an aromatic ring is 1. The lowest BCUT2D eigenvalue weighted by molar-refractivity contribution is -0.159. The van der Waals surface area contributed by atoms with E-state index >= 15 is 0 Å². The summed E-state index contributed by atoms with van der Waals surface area (Å²) >= 11 is 6.25. The summed E-state index contributed by atoms with van der Waals surface area (Å²) in [5.74, 6) is -0.468. The number of aromatic nitrogens is 3. The lowest BCUT2D eigenvalue weighted by Crippen LogP contribution is -2.58. The smallest absolute Gasteiger partial charge is 0.329 e. The molecular weight excluding hydrogens is 548 g/mol. The van der Waals surface area contributed by atoms with Gasteiger partial charge in [0.1, 0.15) is 18.2 Å². The Morgan fingerprint density at radius 1 is 1.12 bits per heavy atom. The van der Waals surface area contributed by atoms with Crippen LogP contribution >= 0.6 is 11.6 Å². The molecule has 1 fully saturated rings. The average molecular weight is 579 g/mol. The molecule has 2 aromatic carbocycles. The quantitative estimate of drug-likeness (QED) is 0.327. The molecule has 0 radical (unpaired) electrons. The zero-order chi connectivity index (χ0) is 29.5. The molecule has 1 unspecified atom stereocenters. The normalized spacial score (nSPS) is 16.4. The number of aromatic amines is 1. The van der Waals surface area contributed by atoms with Gasteiger partial charge in [0.15, 0.2) is 5.75 Å². The first-order valence-corrected chi connectivity index (χ1v) is 13.4. The van der Waals surface area contributed by atoms with E-state index in [0.29, 0.717) is 38.6 Å². The van der Waals surface area contributed by atoms with Crippen LogP contribution in [0.4, 0.5) is 5.82 Å². The summed E-state index contributed by atoms with van der Waals surface area (Å²) in [5.41, 5.74) is 7.96. The Kier molecular flexibility index (Phi) is 7.58. The number of hydrogen-bond acceptors (Lipinski definition) is 9. The number of halogens is 1. The number of nitrogens with two attached hydrogens (primary N) is 1. The lowest BCUT2D eigenvalue weighted by Gasteiger charge is -2.39. The Balaban J connectivity index is 1.42. The Labute approximate surface area is 241 Å². The van der Waals surface area contributed by atoms with Gasteiger partial charge in [0.25, 0.3) is 0 Å². The lowest BCUT2D eigenvalue weighted by atomic mass is 9.97. The second-order valence-electron chi connectivity index (χ2n) is 11.1. The van der Waals surface area contributed by atoms with E-state index in [1.165, 1.54) is 18.3 Å². The van der Waals surface area contributed by atoms with Crippen LogP contribution in [0, 0.1) is 5.41 Å². The van der Waals surface area contributed by atoms with Crippen LogP contribution in [0.2, 0.25) is 5.02 Å². The molecule has 12 heteroatoms. The molecule has 2 aromatic heterocycles. The van der Waals surface area contributed by atoms with Crippen molar-refractivity contribution in [2.45, 2.75) is 39.9 Å². The molecule has 0 bridgehead atoms. The number of nitrogens with zero attached hydrogens (tertiary/aromatic N) is 4. The number of H-pyrrole nitrogens is 1. The van der Waals surface area contributed by atoms with Crippen molar-refractivity contribution in [1.82, 2.24) is 24.8 Å². The van der Waals surface area contributed by atoms with Crippen LogP contribution in [0.3, 0.4) is 0 Å². The third-order valence-corrected chi connectivity index (χ3v) is 7.25. The summed E-state index contributed by atoms with van der Waals surface area (Å²) in [6.07, 6.45) is 1.38. The second-order valence-corrected chi connectivity index (χ2v) is 11.5. The summed E-state index contributed by atoms with van der Waals surface area (Å²) in [6.45, 7) is 5.97. The maximum absolute atomic E-state index is 13.5. The molecule has 0 aliphatic carbocycles. The van der Waals surface area contributed by atoms with Crippen molar-refractivity contribution in [3.63, 3.8) is 0 Å². The van der Waals surface area contributed by atoms with E-state index in [4.69, 9.17) is 26.8 Å². The van der Waals surface area contributed by atoms with Crippen molar-refractivity contribution in [2.24, 2.45) is 5.41 Å². The van der Waals surface area contributed by atoms with Crippen molar-refractivity contribution in [3.05, 3.63) is 59.0 Å². The molecule has 1 aliphatic heterocycles. The first-order chi connectivity index (χ1) is 19.4. The Morgan fingerprint density at radius 3 is 2.63 bits per heavy atom. The van der Waals surface area contributed by atoms with E-state index in [1.807, 2.05) is 17.0 Å². The van der Waals surface area contributed by atoms with Crippen molar-refractivity contribution in [2.75, 3.05) is 25.9 Å². The Morgan fingerprint density at radius 2 is 1.90 bits per heavy atom. The minimum Gasteiger partial charge on any atom is -0.467 e. The number of rotatable bonds is 6. The van der Waals surface area contributed by atoms with E-state index in [2.05, 4.69) is 15.0 Å². The number of ether oxygens (including phenoxy) is 2. The fourth-order valence-corrected chi connectivity index (χ4v) is 5.00. The predicted octanol–water partition coefficient (Wildman–Crippen LogP) is 3.68. The van der Waals surface area contributed by atoms with Crippen molar-refractivity contribution in [3.8, 4) is 5.75 Å². The van der Waals surface area contributed by atoms with Gasteiger partial charge >= 0.3 is 11.9 Å². The van der Waals surface area contributed by atoms with Crippen LogP contribution in [0.1, 0.15) is 32.0 Å². The number of carbonyl (C=O) groups excluding carboxylic acids is 3. The number of carbonyl (C=O) groups is 3. The van der Waals surface area contributed by atoms with Gasteiger partial charge < -0.3 is 25.1 Å². The predicted molar refractivity (Wildman–Crippen MR) is 154 cm³/mol. The minimum atomic E-state index is -0.855. The molecule has 214 valence electrons. The zero-order valence-corrected chi connectivity index (χ0v) is 24.0. The van der Waals surface area contributed by atoms with Gasteiger partial charge in [-0.05, 0) is 56.7 Å². The number of hydrogen-bond donors (Lipinski definition) is 2. The van der Waals surface area contributed by atoms with Crippen molar-refractivity contribution < 1.29 is 23.9 Å². The topological polar surface area (TPSA) is 144 Å². The van der Waals surface area contributed by atoms with Gasteiger partial charge in [0.05, 0.1) is 30.3 Å². The van der Waals surface area contributed by atoms with Gasteiger partial charge in [-0.15, -0.1) is 0 Å². The van der Waals surface area contributed by atoms with Gasteiger partial charge in [-0.1, -0.05) is 17.7 Å². The number of benzene rings is 2. The number of anilines is 1. The number of amides is 1. The summed E-state index contributed by atoms with van der Waals surface area (Å²) in [6, 6.07) is 9.88. The number of piperazine rings is 1. The van der Waals surface area contributed by atoms with Crippen LogP contribution in [-0.4, -0.2) is 68.8 Å². The summed E-state index contributed by atoms with van der Waals surface area (Å²) in [5, 5.41) is 1.85. The molecular formula is C29H31ClN6O5. The molecule has 5 rings (SSSR count). The number of fused-ring (bicyclic) bond motifs is 2. The van der Waals surface area contributed by atoms with E-state index in [1.54, 1.807) is 45.0 Å². The minimum absolute atomic E-state index is 0.0406. The molecule has 0 saturated carbocycles. The van der Waals surface area contributed by atoms with E-state index in [-0.39, 0.29) is 32.1 Å². The highest BCUT2D eigenvalue weighted by Crippen LogP contribution is 2.35. The van der Waals surface area contributed by atoms with E-state index in [0.717, 1.165) is 11.1 Å². The van der Waals surface area contributed by atoms with Crippen LogP contribution < -0.4 is 10.5 Å². The van der Waals surface area contributed by atoms with Crippen molar-refractivity contribution in [1.29, 1.82) is 0 Å². The molecule has 3 heterocycles. The van der Waals surface area contributed by atoms with Crippen molar-refractivity contribution >= 4 is 57.1 Å². The molecule has 1 aliphatic rings. The standard InChI is InChI=1S/C29H31ClN6O5/c1-29(2,3)28(39)41-25-19-10-17(30)6-8-20(19)34-22(25)12-35-13-23(27(38)40-4)36(24(37)14-35)11-16-5-7-18-21(9-16)32-15-33-26(18)31/h5-10,15,23,34H,11-14H2,1-4H3,(H2,31,32,33). The maximum Gasteiger partial charge on any atom is 0.329 e. The number of esters is 2. The second kappa shape index (κ2) is 11.0. The summed E-state index contributed by atoms with van der Waals surface area (Å²) in [7, 11) is 1.30. The highest BCUT2D eigenvalue weighted by atomic mass is 35.5. The number of methoxy groups -OCH3 is 1. The monoisotopic (exact) mass is 578 g/mol. The van der Waals surface area contributed by atoms with Crippen LogP contribution in [0.25, 0.3) is 21.8 Å². The number of nitrogens with one attached hydrogen (secondary N) is 1. The summed E-state index contributed by atoms with van der Waals surface area (Å²) < 4.78 is 10.9. The Hall–Kier alpha value is -4.22. The molecule has 11 nitrogen and oxygen atoms in total. The van der Waals surface area contributed by atoms with Gasteiger partial charge in [-0.25, -0.2) is 14.8 Å². The highest BCUT2D eigenvalue weighted by Gasteiger charge is 2.38. The molecule has 1 amide bonds. The molecule has 0 spiro atoms. The largest absolute Gasteiger partial charge is 0.467 e. The fraction of sp³-hybridized carbons (Fsp3) is 0.345. The molecule has 1 atom stereocenters. The van der Waals surface area contributed by atoms with E-state index < -0.39 is 23.4 Å². The highest BCUT2D eigenvalue weighted by molar-refractivity contribution is 6.31. The fourth-order valence-electron chi connectivity index (χ4n) is 4.83. The van der Waals surface area contributed by atoms with Gasteiger partial charge in [0, 0.05) is 40.9 Å². The SMILES string of the molecule is COC(=O)C1CN(Cc2[nH]c3ccc(Cl)cc3c2OC(=O)C(C)(C)C)CC(=O)N1Cc1ccc2c(N)ncnc2c1. The Bertz CT molecular complexity index is 1660. The van der Waals surface area contributed by atoms with E-state index in [9.17, 15) is 14.4 Å². The molecule has 1 saturated heterocycles. The molecule has 4 aromatic rings. The average Bonchev–Trinajstić information content (AvgIpc) is 3.24. The van der Waals surface area contributed by atoms with Crippen LogP contribution in [-0.2, 0) is 32.2 Å². The van der Waals surface area contributed by atoms with Gasteiger partial charge in [0.2, 0.25) is 5.91 Å². The maximum atomic E-state index is 13.5. The first kappa shape index (κ1) is 28.3. The third kappa shape index (κ3) is 5.82. The third-order valence-electron chi connectivity index (χ3n) is 7.02. The van der Waals surface area contributed by atoms with Crippen LogP contribution in [0.15, 0.2) is 42.7 Å².